The van der Waals surface area contributed by atoms with Crippen LogP contribution >= 0.6 is 0 Å². The van der Waals surface area contributed by atoms with Crippen LogP contribution in [0, 0.1) is 6.92 Å². The van der Waals surface area contributed by atoms with Gasteiger partial charge in [0.15, 0.2) is 0 Å². The van der Waals surface area contributed by atoms with Crippen LogP contribution in [0.5, 0.6) is 0 Å². The van der Waals surface area contributed by atoms with Crippen LogP contribution < -0.4 is 15.5 Å². The van der Waals surface area contributed by atoms with Gasteiger partial charge in [-0.05, 0) is 49.4 Å². The average Bonchev–Trinajstić information content (AvgIpc) is 2.75. The second-order valence-corrected chi connectivity index (χ2v) is 8.37. The largest absolute Gasteiger partial charge is 0.378 e. The van der Waals surface area contributed by atoms with Crippen molar-refractivity contribution in [3.63, 3.8) is 0 Å². The summed E-state index contributed by atoms with van der Waals surface area (Å²) in [5, 5.41) is 5.52. The van der Waals surface area contributed by atoms with Gasteiger partial charge in [0.2, 0.25) is 0 Å². The molecule has 166 valence electrons. The van der Waals surface area contributed by atoms with Crippen molar-refractivity contribution in [2.24, 2.45) is 0 Å². The van der Waals surface area contributed by atoms with Crippen LogP contribution in [0.4, 0.5) is 11.4 Å². The van der Waals surface area contributed by atoms with Crippen molar-refractivity contribution in [2.45, 2.75) is 13.0 Å². The van der Waals surface area contributed by atoms with Gasteiger partial charge in [-0.3, -0.25) is 14.5 Å². The summed E-state index contributed by atoms with van der Waals surface area (Å²) in [6.07, 6.45) is 0. The third-order valence-corrected chi connectivity index (χ3v) is 5.71. The first-order valence-corrected chi connectivity index (χ1v) is 10.7. The first-order valence-electron chi connectivity index (χ1n) is 10.7. The topological polar surface area (TPSA) is 67.9 Å². The van der Waals surface area contributed by atoms with Crippen molar-refractivity contribution in [1.82, 2.24) is 15.1 Å². The number of anilines is 2. The zero-order valence-electron chi connectivity index (χ0n) is 18.9. The van der Waals surface area contributed by atoms with Gasteiger partial charge >= 0.3 is 11.8 Å². The summed E-state index contributed by atoms with van der Waals surface area (Å²) in [5.41, 5.74) is 3.90. The number of piperazine rings is 1. The normalized spacial score (nSPS) is 15.9. The van der Waals surface area contributed by atoms with E-state index in [1.807, 2.05) is 39.2 Å². The summed E-state index contributed by atoms with van der Waals surface area (Å²) in [6.45, 7) is 6.12. The van der Waals surface area contributed by atoms with Gasteiger partial charge < -0.3 is 20.4 Å². The second-order valence-electron chi connectivity index (χ2n) is 8.37. The van der Waals surface area contributed by atoms with E-state index in [0.717, 1.165) is 43.0 Å². The minimum Gasteiger partial charge on any atom is -0.378 e. The zero-order chi connectivity index (χ0) is 22.4. The summed E-state index contributed by atoms with van der Waals surface area (Å²) >= 11 is 0. The smallest absolute Gasteiger partial charge is 0.313 e. The number of amides is 2. The number of nitrogens with one attached hydrogen (secondary N) is 2. The molecule has 1 fully saturated rings. The van der Waals surface area contributed by atoms with Crippen molar-refractivity contribution in [3.05, 3.63) is 59.7 Å². The van der Waals surface area contributed by atoms with E-state index in [9.17, 15) is 9.59 Å². The van der Waals surface area contributed by atoms with Crippen LogP contribution in [0.3, 0.4) is 0 Å². The highest BCUT2D eigenvalue weighted by Gasteiger charge is 2.25. The van der Waals surface area contributed by atoms with Crippen LogP contribution in [0.1, 0.15) is 17.2 Å². The molecule has 1 aliphatic heterocycles. The fourth-order valence-electron chi connectivity index (χ4n) is 3.77. The number of hydrogen-bond donors (Lipinski definition) is 2. The Kier molecular flexibility index (Phi) is 7.65. The lowest BCUT2D eigenvalue weighted by atomic mass is 10.0. The third kappa shape index (κ3) is 6.29. The molecule has 3 rings (SSSR count). The Morgan fingerprint density at radius 1 is 1.00 bits per heavy atom. The number of hydrogen-bond acceptors (Lipinski definition) is 5. The van der Waals surface area contributed by atoms with Gasteiger partial charge in [-0.15, -0.1) is 0 Å². The van der Waals surface area contributed by atoms with Gasteiger partial charge in [-0.25, -0.2) is 0 Å². The van der Waals surface area contributed by atoms with Crippen LogP contribution in [-0.2, 0) is 9.59 Å². The molecule has 2 N–H and O–H groups in total. The molecule has 0 unspecified atom stereocenters. The van der Waals surface area contributed by atoms with Crippen molar-refractivity contribution >= 4 is 23.2 Å². The van der Waals surface area contributed by atoms with Gasteiger partial charge in [-0.1, -0.05) is 24.3 Å². The molecule has 2 aromatic carbocycles. The molecule has 0 aliphatic carbocycles. The molecule has 1 atom stereocenters. The molecule has 31 heavy (non-hydrogen) atoms. The monoisotopic (exact) mass is 423 g/mol. The first-order chi connectivity index (χ1) is 14.8. The van der Waals surface area contributed by atoms with Gasteiger partial charge in [0, 0.05) is 58.2 Å². The maximum absolute atomic E-state index is 12.5. The molecule has 2 aromatic rings. The molecule has 1 aliphatic rings. The number of aryl methyl sites for hydroxylation is 1. The predicted molar refractivity (Wildman–Crippen MR) is 125 cm³/mol. The van der Waals surface area contributed by atoms with Crippen molar-refractivity contribution in [1.29, 1.82) is 0 Å². The SMILES string of the molecule is Cc1cccc(NC(=O)C(=O)NC[C@H](c2ccc(N(C)C)cc2)N2CCN(C)CC2)c1. The Balaban J connectivity index is 1.67. The van der Waals surface area contributed by atoms with Gasteiger partial charge in [0.25, 0.3) is 0 Å². The van der Waals surface area contributed by atoms with Crippen molar-refractivity contribution < 1.29 is 9.59 Å². The highest BCUT2D eigenvalue weighted by atomic mass is 16.2. The Hall–Kier alpha value is -2.90. The highest BCUT2D eigenvalue weighted by molar-refractivity contribution is 6.39. The maximum Gasteiger partial charge on any atom is 0.313 e. The molecule has 2 amide bonds. The van der Waals surface area contributed by atoms with Crippen molar-refractivity contribution in [3.8, 4) is 0 Å². The number of benzene rings is 2. The molecule has 0 spiro atoms. The lowest BCUT2D eigenvalue weighted by Gasteiger charge is -2.38. The molecular weight excluding hydrogens is 390 g/mol. The Morgan fingerprint density at radius 3 is 2.29 bits per heavy atom. The van der Waals surface area contributed by atoms with Crippen molar-refractivity contribution in [2.75, 3.05) is 64.1 Å². The van der Waals surface area contributed by atoms with Crippen LogP contribution in [0.15, 0.2) is 48.5 Å². The van der Waals surface area contributed by atoms with Gasteiger partial charge in [-0.2, -0.15) is 0 Å². The quantitative estimate of drug-likeness (QED) is 0.697. The molecule has 1 heterocycles. The molecule has 0 bridgehead atoms. The van der Waals surface area contributed by atoms with Gasteiger partial charge in [0.1, 0.15) is 0 Å². The van der Waals surface area contributed by atoms with E-state index in [1.165, 1.54) is 0 Å². The third-order valence-electron chi connectivity index (χ3n) is 5.71. The lowest BCUT2D eigenvalue weighted by Crippen LogP contribution is -2.49. The minimum atomic E-state index is -0.648. The predicted octanol–water partition coefficient (Wildman–Crippen LogP) is 2.10. The lowest BCUT2D eigenvalue weighted by molar-refractivity contribution is -0.136. The highest BCUT2D eigenvalue weighted by Crippen LogP contribution is 2.24. The minimum absolute atomic E-state index is 0.0145. The van der Waals surface area contributed by atoms with Crippen LogP contribution in [0.25, 0.3) is 0 Å². The maximum atomic E-state index is 12.5. The zero-order valence-corrected chi connectivity index (χ0v) is 18.9. The molecule has 7 heteroatoms. The fraction of sp³-hybridized carbons (Fsp3) is 0.417. The molecule has 0 aromatic heterocycles. The summed E-state index contributed by atoms with van der Waals surface area (Å²) in [5.74, 6) is -1.27. The van der Waals surface area contributed by atoms with E-state index in [4.69, 9.17) is 0 Å². The summed E-state index contributed by atoms with van der Waals surface area (Å²) < 4.78 is 0. The van der Waals surface area contributed by atoms with E-state index >= 15 is 0 Å². The Morgan fingerprint density at radius 2 is 1.68 bits per heavy atom. The van der Waals surface area contributed by atoms with E-state index in [1.54, 1.807) is 6.07 Å². The Bertz CT molecular complexity index is 889. The number of carbonyl (C=O) groups excluding carboxylic acids is 2. The number of carbonyl (C=O) groups is 2. The van der Waals surface area contributed by atoms with Crippen LogP contribution in [0.2, 0.25) is 0 Å². The Labute approximate surface area is 185 Å². The molecule has 7 nitrogen and oxygen atoms in total. The molecule has 0 saturated carbocycles. The summed E-state index contributed by atoms with van der Waals surface area (Å²) in [4.78, 5) is 31.6. The van der Waals surface area contributed by atoms with Crippen LogP contribution in [-0.4, -0.2) is 75.5 Å². The van der Waals surface area contributed by atoms with E-state index < -0.39 is 11.8 Å². The number of nitrogens with zero attached hydrogens (tertiary/aromatic N) is 3. The summed E-state index contributed by atoms with van der Waals surface area (Å²) in [7, 11) is 6.15. The number of likely N-dealkylation sites (N-methyl/N-ethyl adjacent to an activating group) is 1. The second kappa shape index (κ2) is 10.4. The van der Waals surface area contributed by atoms with E-state index in [0.29, 0.717) is 12.2 Å². The molecular formula is C24H33N5O2. The number of rotatable bonds is 6. The average molecular weight is 424 g/mol. The molecule has 1 saturated heterocycles. The summed E-state index contributed by atoms with van der Waals surface area (Å²) in [6, 6.07) is 15.8. The molecule has 0 radical (unpaired) electrons. The first kappa shape index (κ1) is 22.8. The standard InChI is InChI=1S/C24H33N5O2/c1-18-6-5-7-20(16-18)26-24(31)23(30)25-17-22(29-14-12-28(4)13-15-29)19-8-10-21(11-9-19)27(2)3/h5-11,16,22H,12-15,17H2,1-4H3,(H,25,30)(H,26,31)/t22-/m1/s1. The van der Waals surface area contributed by atoms with Gasteiger partial charge in [0.05, 0.1) is 6.04 Å². The fourth-order valence-corrected chi connectivity index (χ4v) is 3.77. The van der Waals surface area contributed by atoms with E-state index in [2.05, 4.69) is 56.6 Å². The van der Waals surface area contributed by atoms with E-state index in [-0.39, 0.29) is 6.04 Å².